The van der Waals surface area contributed by atoms with Crippen molar-refractivity contribution in [3.63, 3.8) is 0 Å². The molecule has 0 radical (unpaired) electrons. The summed E-state index contributed by atoms with van der Waals surface area (Å²) in [6, 6.07) is 3.16. The number of pyridine rings is 1. The van der Waals surface area contributed by atoms with E-state index in [4.69, 9.17) is 5.11 Å². The maximum atomic E-state index is 12.6. The molecule has 2 N–H and O–H groups in total. The number of amides is 1. The number of carbonyl (C=O) groups excluding carboxylic acids is 1. The van der Waals surface area contributed by atoms with Gasteiger partial charge in [-0.05, 0) is 37.7 Å². The van der Waals surface area contributed by atoms with Gasteiger partial charge in [0.1, 0.15) is 0 Å². The summed E-state index contributed by atoms with van der Waals surface area (Å²) in [4.78, 5) is 39.2. The van der Waals surface area contributed by atoms with Crippen LogP contribution in [0.3, 0.4) is 0 Å². The maximum Gasteiger partial charge on any atom is 0.303 e. The van der Waals surface area contributed by atoms with E-state index in [1.807, 2.05) is 4.90 Å². The van der Waals surface area contributed by atoms with Gasteiger partial charge in [0.25, 0.3) is 5.91 Å². The van der Waals surface area contributed by atoms with Gasteiger partial charge >= 0.3 is 5.97 Å². The van der Waals surface area contributed by atoms with Crippen LogP contribution < -0.4 is 5.56 Å². The van der Waals surface area contributed by atoms with Gasteiger partial charge < -0.3 is 15.0 Å². The van der Waals surface area contributed by atoms with Crippen LogP contribution in [0.15, 0.2) is 23.1 Å². The number of carboxylic acids is 1. The van der Waals surface area contributed by atoms with Crippen molar-refractivity contribution in [3.05, 3.63) is 34.2 Å². The third-order valence-corrected chi connectivity index (χ3v) is 4.55. The van der Waals surface area contributed by atoms with E-state index in [1.165, 1.54) is 12.3 Å². The minimum absolute atomic E-state index is 0.109. The Bertz CT molecular complexity index is 610. The third kappa shape index (κ3) is 2.70. The number of hydrogen-bond acceptors (Lipinski definition) is 3. The molecule has 21 heavy (non-hydrogen) atoms. The molecule has 2 aliphatic heterocycles. The van der Waals surface area contributed by atoms with Crippen molar-refractivity contribution < 1.29 is 14.7 Å². The summed E-state index contributed by atoms with van der Waals surface area (Å²) in [6.45, 7) is 0. The van der Waals surface area contributed by atoms with Crippen molar-refractivity contribution in [2.24, 2.45) is 5.92 Å². The summed E-state index contributed by atoms with van der Waals surface area (Å²) < 4.78 is 0. The van der Waals surface area contributed by atoms with E-state index in [1.54, 1.807) is 6.07 Å². The van der Waals surface area contributed by atoms with E-state index in [0.717, 1.165) is 25.7 Å². The fourth-order valence-electron chi connectivity index (χ4n) is 3.76. The fraction of sp³-hybridized carbons (Fsp3) is 0.533. The Morgan fingerprint density at radius 2 is 1.95 bits per heavy atom. The molecule has 0 saturated carbocycles. The molecule has 1 aromatic heterocycles. The zero-order valence-corrected chi connectivity index (χ0v) is 11.6. The van der Waals surface area contributed by atoms with Crippen molar-refractivity contribution in [1.29, 1.82) is 0 Å². The number of nitrogens with one attached hydrogen (secondary N) is 1. The van der Waals surface area contributed by atoms with Crippen molar-refractivity contribution in [2.45, 2.75) is 44.2 Å². The summed E-state index contributed by atoms with van der Waals surface area (Å²) >= 11 is 0. The molecule has 0 spiro atoms. The molecule has 3 rings (SSSR count). The van der Waals surface area contributed by atoms with Crippen molar-refractivity contribution in [1.82, 2.24) is 9.88 Å². The van der Waals surface area contributed by atoms with Crippen LogP contribution in [0.2, 0.25) is 0 Å². The van der Waals surface area contributed by atoms with Crippen LogP contribution >= 0.6 is 0 Å². The second kappa shape index (κ2) is 5.35. The molecule has 2 saturated heterocycles. The second-order valence-electron chi connectivity index (χ2n) is 5.97. The molecule has 6 nitrogen and oxygen atoms in total. The number of hydrogen-bond donors (Lipinski definition) is 2. The highest BCUT2D eigenvalue weighted by Crippen LogP contribution is 2.40. The number of aromatic amines is 1. The lowest BCUT2D eigenvalue weighted by atomic mass is 9.88. The Balaban J connectivity index is 1.77. The van der Waals surface area contributed by atoms with Gasteiger partial charge in [-0.3, -0.25) is 14.4 Å². The summed E-state index contributed by atoms with van der Waals surface area (Å²) in [5.74, 6) is -0.723. The maximum absolute atomic E-state index is 12.6. The zero-order chi connectivity index (χ0) is 15.0. The van der Waals surface area contributed by atoms with Crippen LogP contribution in [0.1, 0.15) is 42.5 Å². The Labute approximate surface area is 121 Å². The lowest BCUT2D eigenvalue weighted by molar-refractivity contribution is -0.138. The molecule has 3 heterocycles. The van der Waals surface area contributed by atoms with Gasteiger partial charge in [-0.2, -0.15) is 0 Å². The lowest BCUT2D eigenvalue weighted by Crippen LogP contribution is -2.47. The first-order valence-electron chi connectivity index (χ1n) is 7.28. The quantitative estimate of drug-likeness (QED) is 0.876. The van der Waals surface area contributed by atoms with E-state index in [0.29, 0.717) is 5.56 Å². The molecule has 0 aromatic carbocycles. The van der Waals surface area contributed by atoms with Crippen molar-refractivity contribution >= 4 is 11.9 Å². The predicted molar refractivity (Wildman–Crippen MR) is 75.0 cm³/mol. The first kappa shape index (κ1) is 13.9. The molecule has 2 atom stereocenters. The number of aliphatic carboxylic acids is 1. The average molecular weight is 290 g/mol. The molecule has 2 bridgehead atoms. The number of H-pyrrole nitrogens is 1. The van der Waals surface area contributed by atoms with Crippen LogP contribution in [0, 0.1) is 5.92 Å². The van der Waals surface area contributed by atoms with Crippen LogP contribution in [-0.2, 0) is 4.79 Å². The number of carboxylic acid groups (broad SMARTS) is 1. The summed E-state index contributed by atoms with van der Waals surface area (Å²) in [5.41, 5.74) is 0.126. The zero-order valence-electron chi connectivity index (χ0n) is 11.6. The van der Waals surface area contributed by atoms with Crippen LogP contribution in [0.5, 0.6) is 0 Å². The molecule has 2 fully saturated rings. The van der Waals surface area contributed by atoms with E-state index in [2.05, 4.69) is 4.98 Å². The van der Waals surface area contributed by atoms with E-state index >= 15 is 0 Å². The van der Waals surface area contributed by atoms with Gasteiger partial charge in [-0.15, -0.1) is 0 Å². The smallest absolute Gasteiger partial charge is 0.303 e. The minimum atomic E-state index is -0.770. The normalized spacial score (nSPS) is 27.6. The highest BCUT2D eigenvalue weighted by molar-refractivity contribution is 5.94. The van der Waals surface area contributed by atoms with Crippen LogP contribution in [0.4, 0.5) is 0 Å². The third-order valence-electron chi connectivity index (χ3n) is 4.55. The summed E-state index contributed by atoms with van der Waals surface area (Å²) in [7, 11) is 0. The summed E-state index contributed by atoms with van der Waals surface area (Å²) in [6.07, 6.45) is 5.01. The first-order valence-corrected chi connectivity index (χ1v) is 7.28. The number of fused-ring (bicyclic) bond motifs is 2. The topological polar surface area (TPSA) is 90.5 Å². The van der Waals surface area contributed by atoms with E-state index < -0.39 is 5.97 Å². The second-order valence-corrected chi connectivity index (χ2v) is 5.97. The minimum Gasteiger partial charge on any atom is -0.481 e. The van der Waals surface area contributed by atoms with Gasteiger partial charge in [0, 0.05) is 36.3 Å². The number of aromatic nitrogens is 1. The van der Waals surface area contributed by atoms with Crippen molar-refractivity contribution in [3.8, 4) is 0 Å². The average Bonchev–Trinajstić information content (AvgIpc) is 2.69. The predicted octanol–water partition coefficient (Wildman–Crippen LogP) is 1.23. The Morgan fingerprint density at radius 3 is 2.52 bits per heavy atom. The SMILES string of the molecule is O=C(O)CC1CC2CCC(C1)N2C(=O)c1cc[nH]c(=O)c1. The molecule has 2 aliphatic rings. The number of carbonyl (C=O) groups is 2. The summed E-state index contributed by atoms with van der Waals surface area (Å²) in [5, 5.41) is 8.92. The fourth-order valence-corrected chi connectivity index (χ4v) is 3.76. The molecular formula is C15H18N2O4. The van der Waals surface area contributed by atoms with Gasteiger partial charge in [0.2, 0.25) is 5.56 Å². The van der Waals surface area contributed by atoms with Crippen molar-refractivity contribution in [2.75, 3.05) is 0 Å². The van der Waals surface area contributed by atoms with E-state index in [9.17, 15) is 14.4 Å². The largest absolute Gasteiger partial charge is 0.481 e. The van der Waals surface area contributed by atoms with Gasteiger partial charge in [0.05, 0.1) is 0 Å². The van der Waals surface area contributed by atoms with Gasteiger partial charge in [-0.25, -0.2) is 0 Å². The van der Waals surface area contributed by atoms with Gasteiger partial charge in [-0.1, -0.05) is 0 Å². The molecular weight excluding hydrogens is 272 g/mol. The molecule has 2 unspecified atom stereocenters. The lowest BCUT2D eigenvalue weighted by Gasteiger charge is -2.38. The van der Waals surface area contributed by atoms with E-state index in [-0.39, 0.29) is 35.9 Å². The number of piperidine rings is 1. The Hall–Kier alpha value is -2.11. The molecule has 0 aliphatic carbocycles. The molecule has 1 aromatic rings. The number of rotatable bonds is 3. The first-order chi connectivity index (χ1) is 10.0. The Kier molecular flexibility index (Phi) is 3.53. The molecule has 112 valence electrons. The molecule has 1 amide bonds. The highest BCUT2D eigenvalue weighted by atomic mass is 16.4. The van der Waals surface area contributed by atoms with Gasteiger partial charge in [0.15, 0.2) is 0 Å². The van der Waals surface area contributed by atoms with Crippen LogP contribution in [-0.4, -0.2) is 39.0 Å². The van der Waals surface area contributed by atoms with Crippen LogP contribution in [0.25, 0.3) is 0 Å². The Morgan fingerprint density at radius 1 is 1.29 bits per heavy atom. The number of nitrogens with zero attached hydrogens (tertiary/aromatic N) is 1. The highest BCUT2D eigenvalue weighted by Gasteiger charge is 2.43. The molecule has 6 heteroatoms. The monoisotopic (exact) mass is 290 g/mol. The standard InChI is InChI=1S/C15H18N2O4/c18-13-8-10(3-4-16-13)15(21)17-11-1-2-12(17)6-9(5-11)7-14(19)20/h3-4,8-9,11-12H,1-2,5-7H2,(H,16,18)(H,19,20).